The molecule has 0 spiro atoms. The van der Waals surface area contributed by atoms with Gasteiger partial charge in [-0.05, 0) is 17.7 Å². The summed E-state index contributed by atoms with van der Waals surface area (Å²) < 4.78 is 11.6. The van der Waals surface area contributed by atoms with Crippen molar-refractivity contribution in [3.63, 3.8) is 0 Å². The van der Waals surface area contributed by atoms with E-state index in [1.807, 2.05) is 18.2 Å². The van der Waals surface area contributed by atoms with Crippen LogP contribution < -0.4 is 10.2 Å². The highest BCUT2D eigenvalue weighted by Gasteiger charge is 2.14. The topological polar surface area (TPSA) is 81.0 Å². The molecule has 1 aromatic heterocycles. The Hall–Kier alpha value is -2.38. The molecule has 0 amide bonds. The van der Waals surface area contributed by atoms with Crippen LogP contribution in [0.5, 0.6) is 5.75 Å². The van der Waals surface area contributed by atoms with Crippen molar-refractivity contribution in [2.24, 2.45) is 7.05 Å². The number of nitrogens with zero attached hydrogens (tertiary/aromatic N) is 2. The van der Waals surface area contributed by atoms with Gasteiger partial charge in [0.1, 0.15) is 0 Å². The van der Waals surface area contributed by atoms with Gasteiger partial charge in [0.05, 0.1) is 24.9 Å². The van der Waals surface area contributed by atoms with E-state index in [2.05, 4.69) is 9.64 Å². The van der Waals surface area contributed by atoms with Gasteiger partial charge in [-0.3, -0.25) is 9.69 Å². The van der Waals surface area contributed by atoms with Crippen molar-refractivity contribution >= 4 is 17.1 Å². The second kappa shape index (κ2) is 6.39. The minimum atomic E-state index is -1.49. The maximum Gasteiger partial charge on any atom is 0.511 e. The normalized spacial score (nSPS) is 15.7. The number of pyridine rings is 1. The highest BCUT2D eigenvalue weighted by molar-refractivity contribution is 5.81. The van der Waals surface area contributed by atoms with Crippen LogP contribution in [-0.2, 0) is 18.3 Å². The van der Waals surface area contributed by atoms with Crippen LogP contribution in [0.2, 0.25) is 0 Å². The van der Waals surface area contributed by atoms with E-state index in [4.69, 9.17) is 9.84 Å². The fourth-order valence-corrected chi connectivity index (χ4v) is 2.79. The van der Waals surface area contributed by atoms with Crippen molar-refractivity contribution in [1.82, 2.24) is 9.47 Å². The third kappa shape index (κ3) is 3.35. The number of carbonyl (C=O) groups is 1. The van der Waals surface area contributed by atoms with Crippen molar-refractivity contribution in [2.45, 2.75) is 6.54 Å². The number of benzene rings is 1. The molecule has 1 N–H and O–H groups in total. The fourth-order valence-electron chi connectivity index (χ4n) is 2.79. The van der Waals surface area contributed by atoms with Gasteiger partial charge in [0.25, 0.3) is 0 Å². The molecule has 0 saturated carbocycles. The van der Waals surface area contributed by atoms with Crippen LogP contribution in [0.3, 0.4) is 0 Å². The predicted molar refractivity (Wildman–Crippen MR) is 83.9 cm³/mol. The molecule has 0 bridgehead atoms. The van der Waals surface area contributed by atoms with Crippen molar-refractivity contribution in [2.75, 3.05) is 26.3 Å². The molecular weight excluding hydrogens is 300 g/mol. The summed E-state index contributed by atoms with van der Waals surface area (Å²) in [5.41, 5.74) is 1.33. The number of carboxylic acid groups (broad SMARTS) is 1. The highest BCUT2D eigenvalue weighted by atomic mass is 16.7. The average Bonchev–Trinajstić information content (AvgIpc) is 2.53. The van der Waals surface area contributed by atoms with Gasteiger partial charge in [0, 0.05) is 32.1 Å². The zero-order valence-corrected chi connectivity index (χ0v) is 12.8. The van der Waals surface area contributed by atoms with Crippen LogP contribution in [0.4, 0.5) is 4.79 Å². The first kappa shape index (κ1) is 15.5. The number of ether oxygens (including phenoxy) is 2. The number of aromatic nitrogens is 1. The Labute approximate surface area is 132 Å². The zero-order chi connectivity index (χ0) is 16.4. The molecule has 1 fully saturated rings. The number of fused-ring (bicyclic) bond motifs is 1. The molecule has 7 heteroatoms. The van der Waals surface area contributed by atoms with Crippen LogP contribution in [0.15, 0.2) is 29.2 Å². The fraction of sp³-hybridized carbons (Fsp3) is 0.375. The van der Waals surface area contributed by atoms with Gasteiger partial charge in [0.15, 0.2) is 5.75 Å². The highest BCUT2D eigenvalue weighted by Crippen LogP contribution is 2.18. The third-order valence-electron chi connectivity index (χ3n) is 3.93. The first-order valence-corrected chi connectivity index (χ1v) is 7.38. The maximum absolute atomic E-state index is 12.4. The van der Waals surface area contributed by atoms with Crippen molar-refractivity contribution < 1.29 is 19.4 Å². The van der Waals surface area contributed by atoms with Crippen molar-refractivity contribution in [3.05, 3.63) is 40.2 Å². The first-order valence-electron chi connectivity index (χ1n) is 7.38. The minimum Gasteiger partial charge on any atom is -0.449 e. The summed E-state index contributed by atoms with van der Waals surface area (Å²) in [7, 11) is 1.75. The summed E-state index contributed by atoms with van der Waals surface area (Å²) in [6, 6.07) is 5.66. The Morgan fingerprint density at radius 1 is 1.35 bits per heavy atom. The summed E-state index contributed by atoms with van der Waals surface area (Å²) in [6.45, 7) is 3.88. The molecule has 3 rings (SSSR count). The molecule has 0 aliphatic carbocycles. The standard InChI is InChI=1S/C16H18N2O5/c1-17-10-14(23-16(20)21)15(19)12-8-11(2-3-13(12)17)9-18-4-6-22-7-5-18/h2-3,8,10H,4-7,9H2,1H3,(H,20,21). The third-order valence-corrected chi connectivity index (χ3v) is 3.93. The average molecular weight is 318 g/mol. The first-order chi connectivity index (χ1) is 11.0. The molecule has 1 aliphatic rings. The van der Waals surface area contributed by atoms with E-state index >= 15 is 0 Å². The molecular formula is C16H18N2O5. The molecule has 0 unspecified atom stereocenters. The van der Waals surface area contributed by atoms with Crippen molar-refractivity contribution in [3.8, 4) is 5.75 Å². The molecule has 7 nitrogen and oxygen atoms in total. The maximum atomic E-state index is 12.4. The van der Waals surface area contributed by atoms with Gasteiger partial charge >= 0.3 is 6.16 Å². The molecule has 2 heterocycles. The van der Waals surface area contributed by atoms with E-state index in [0.29, 0.717) is 18.6 Å². The molecule has 1 aliphatic heterocycles. The van der Waals surface area contributed by atoms with E-state index in [1.165, 1.54) is 6.20 Å². The van der Waals surface area contributed by atoms with Crippen LogP contribution in [-0.4, -0.2) is 47.0 Å². The summed E-state index contributed by atoms with van der Waals surface area (Å²) in [4.78, 5) is 25.4. The van der Waals surface area contributed by atoms with Gasteiger partial charge in [-0.2, -0.15) is 0 Å². The smallest absolute Gasteiger partial charge is 0.449 e. The van der Waals surface area contributed by atoms with Crippen LogP contribution in [0, 0.1) is 0 Å². The molecule has 122 valence electrons. The minimum absolute atomic E-state index is 0.184. The molecule has 1 saturated heterocycles. The van der Waals surface area contributed by atoms with Gasteiger partial charge in [-0.15, -0.1) is 0 Å². The quantitative estimate of drug-likeness (QED) is 0.862. The summed E-state index contributed by atoms with van der Waals surface area (Å²) in [6.07, 6.45) is -0.105. The second-order valence-electron chi connectivity index (χ2n) is 5.54. The molecule has 2 aromatic rings. The lowest BCUT2D eigenvalue weighted by molar-refractivity contribution is 0.0342. The number of hydrogen-bond donors (Lipinski definition) is 1. The SMILES string of the molecule is Cn1cc(OC(=O)O)c(=O)c2cc(CN3CCOCC3)ccc21. The largest absolute Gasteiger partial charge is 0.511 e. The van der Waals surface area contributed by atoms with E-state index in [0.717, 1.165) is 30.7 Å². The lowest BCUT2D eigenvalue weighted by atomic mass is 10.1. The summed E-state index contributed by atoms with van der Waals surface area (Å²) in [5, 5.41) is 9.19. The van der Waals surface area contributed by atoms with Gasteiger partial charge in [-0.25, -0.2) is 4.79 Å². The summed E-state index contributed by atoms with van der Waals surface area (Å²) >= 11 is 0. The van der Waals surface area contributed by atoms with E-state index < -0.39 is 11.6 Å². The number of hydrogen-bond acceptors (Lipinski definition) is 5. The summed E-state index contributed by atoms with van der Waals surface area (Å²) in [5.74, 6) is -0.184. The van der Waals surface area contributed by atoms with Crippen LogP contribution in [0.1, 0.15) is 5.56 Å². The van der Waals surface area contributed by atoms with Crippen molar-refractivity contribution in [1.29, 1.82) is 0 Å². The lowest BCUT2D eigenvalue weighted by Gasteiger charge is -2.26. The second-order valence-corrected chi connectivity index (χ2v) is 5.54. The Bertz CT molecular complexity index is 793. The Kier molecular flexibility index (Phi) is 4.31. The molecule has 23 heavy (non-hydrogen) atoms. The van der Waals surface area contributed by atoms with Gasteiger partial charge in [0.2, 0.25) is 5.43 Å². The number of aryl methyl sites for hydroxylation is 1. The monoisotopic (exact) mass is 318 g/mol. The Balaban J connectivity index is 1.98. The molecule has 0 atom stereocenters. The van der Waals surface area contributed by atoms with Gasteiger partial charge in [-0.1, -0.05) is 6.07 Å². The number of rotatable bonds is 3. The Morgan fingerprint density at radius 2 is 2.09 bits per heavy atom. The molecule has 0 radical (unpaired) electrons. The zero-order valence-electron chi connectivity index (χ0n) is 12.8. The van der Waals surface area contributed by atoms with Gasteiger partial charge < -0.3 is 19.1 Å². The van der Waals surface area contributed by atoms with Crippen LogP contribution >= 0.6 is 0 Å². The van der Waals surface area contributed by atoms with Crippen LogP contribution in [0.25, 0.3) is 10.9 Å². The Morgan fingerprint density at radius 3 is 2.78 bits per heavy atom. The van der Waals surface area contributed by atoms with E-state index in [-0.39, 0.29) is 5.75 Å². The van der Waals surface area contributed by atoms with E-state index in [1.54, 1.807) is 11.6 Å². The predicted octanol–water partition coefficient (Wildman–Crippen LogP) is 1.43. The van der Waals surface area contributed by atoms with E-state index in [9.17, 15) is 9.59 Å². The number of morpholine rings is 1. The molecule has 1 aromatic carbocycles. The lowest BCUT2D eigenvalue weighted by Crippen LogP contribution is -2.35.